The van der Waals surface area contributed by atoms with Gasteiger partial charge in [0.2, 0.25) is 0 Å². The van der Waals surface area contributed by atoms with E-state index in [-0.39, 0.29) is 5.82 Å². The Labute approximate surface area is 94.7 Å². The third kappa shape index (κ3) is 1.97. The van der Waals surface area contributed by atoms with E-state index < -0.39 is 0 Å². The van der Waals surface area contributed by atoms with Crippen LogP contribution in [0, 0.1) is 12.7 Å². The van der Waals surface area contributed by atoms with Crippen molar-refractivity contribution in [1.29, 1.82) is 0 Å². The Morgan fingerprint density at radius 2 is 1.81 bits per heavy atom. The SMILES string of the molecule is Cc1ccccc1-c1ccc(F)cc1CN. The molecule has 0 saturated carbocycles. The van der Waals surface area contributed by atoms with E-state index in [1.54, 1.807) is 6.07 Å². The molecule has 2 heteroatoms. The van der Waals surface area contributed by atoms with Crippen LogP contribution in [-0.4, -0.2) is 0 Å². The minimum atomic E-state index is -0.238. The molecule has 0 fully saturated rings. The molecule has 0 aliphatic rings. The monoisotopic (exact) mass is 215 g/mol. The zero-order chi connectivity index (χ0) is 11.5. The molecule has 2 aromatic rings. The minimum Gasteiger partial charge on any atom is -0.326 e. The maximum atomic E-state index is 13.1. The van der Waals surface area contributed by atoms with Crippen LogP contribution in [0.4, 0.5) is 4.39 Å². The molecule has 0 unspecified atom stereocenters. The smallest absolute Gasteiger partial charge is 0.123 e. The van der Waals surface area contributed by atoms with Crippen molar-refractivity contribution >= 4 is 0 Å². The zero-order valence-corrected chi connectivity index (χ0v) is 9.20. The quantitative estimate of drug-likeness (QED) is 0.817. The number of hydrogen-bond acceptors (Lipinski definition) is 1. The fourth-order valence-corrected chi connectivity index (χ4v) is 1.87. The summed E-state index contributed by atoms with van der Waals surface area (Å²) in [5, 5.41) is 0. The van der Waals surface area contributed by atoms with Crippen molar-refractivity contribution in [2.24, 2.45) is 5.73 Å². The molecule has 16 heavy (non-hydrogen) atoms. The molecule has 0 amide bonds. The molecule has 0 aliphatic carbocycles. The average Bonchev–Trinajstić information content (AvgIpc) is 2.30. The van der Waals surface area contributed by atoms with E-state index in [0.717, 1.165) is 16.7 Å². The van der Waals surface area contributed by atoms with Gasteiger partial charge in [-0.1, -0.05) is 30.3 Å². The summed E-state index contributed by atoms with van der Waals surface area (Å²) in [5.74, 6) is -0.238. The lowest BCUT2D eigenvalue weighted by atomic mass is 9.96. The third-order valence-corrected chi connectivity index (χ3v) is 2.72. The fourth-order valence-electron chi connectivity index (χ4n) is 1.87. The maximum Gasteiger partial charge on any atom is 0.123 e. The lowest BCUT2D eigenvalue weighted by Gasteiger charge is -2.10. The maximum absolute atomic E-state index is 13.1. The highest BCUT2D eigenvalue weighted by atomic mass is 19.1. The van der Waals surface area contributed by atoms with Crippen LogP contribution in [0.1, 0.15) is 11.1 Å². The topological polar surface area (TPSA) is 26.0 Å². The largest absolute Gasteiger partial charge is 0.326 e. The van der Waals surface area contributed by atoms with E-state index in [1.165, 1.54) is 17.7 Å². The van der Waals surface area contributed by atoms with Gasteiger partial charge in [0, 0.05) is 6.54 Å². The van der Waals surface area contributed by atoms with Crippen molar-refractivity contribution in [2.75, 3.05) is 0 Å². The van der Waals surface area contributed by atoms with Crippen molar-refractivity contribution in [2.45, 2.75) is 13.5 Å². The summed E-state index contributed by atoms with van der Waals surface area (Å²) in [7, 11) is 0. The predicted molar refractivity (Wildman–Crippen MR) is 64.5 cm³/mol. The number of nitrogens with two attached hydrogens (primary N) is 1. The van der Waals surface area contributed by atoms with E-state index in [1.807, 2.05) is 31.2 Å². The van der Waals surface area contributed by atoms with Gasteiger partial charge in [-0.25, -0.2) is 4.39 Å². The Hall–Kier alpha value is -1.67. The normalized spacial score (nSPS) is 10.4. The first kappa shape index (κ1) is 10.8. The molecule has 82 valence electrons. The number of hydrogen-bond donors (Lipinski definition) is 1. The van der Waals surface area contributed by atoms with Crippen LogP contribution in [0.2, 0.25) is 0 Å². The first-order valence-electron chi connectivity index (χ1n) is 5.27. The number of halogens is 1. The molecule has 0 aromatic heterocycles. The van der Waals surface area contributed by atoms with Crippen molar-refractivity contribution in [3.05, 3.63) is 59.4 Å². The Morgan fingerprint density at radius 1 is 1.06 bits per heavy atom. The molecule has 0 radical (unpaired) electrons. The molecule has 0 bridgehead atoms. The predicted octanol–water partition coefficient (Wildman–Crippen LogP) is 3.26. The summed E-state index contributed by atoms with van der Waals surface area (Å²) >= 11 is 0. The highest BCUT2D eigenvalue weighted by Gasteiger charge is 2.06. The van der Waals surface area contributed by atoms with Gasteiger partial charge in [-0.2, -0.15) is 0 Å². The van der Waals surface area contributed by atoms with Crippen molar-refractivity contribution in [1.82, 2.24) is 0 Å². The first-order valence-corrected chi connectivity index (χ1v) is 5.27. The van der Waals surface area contributed by atoms with Crippen LogP contribution >= 0.6 is 0 Å². The van der Waals surface area contributed by atoms with Crippen molar-refractivity contribution < 1.29 is 4.39 Å². The van der Waals surface area contributed by atoms with Gasteiger partial charge in [-0.15, -0.1) is 0 Å². The van der Waals surface area contributed by atoms with E-state index >= 15 is 0 Å². The van der Waals surface area contributed by atoms with Crippen LogP contribution in [0.5, 0.6) is 0 Å². The molecule has 0 spiro atoms. The Kier molecular flexibility index (Phi) is 3.02. The summed E-state index contributed by atoms with van der Waals surface area (Å²) in [6, 6.07) is 12.8. The Bertz CT molecular complexity index is 506. The van der Waals surface area contributed by atoms with Gasteiger partial charge in [0.25, 0.3) is 0 Å². The molecule has 2 rings (SSSR count). The van der Waals surface area contributed by atoms with Crippen LogP contribution in [0.3, 0.4) is 0 Å². The van der Waals surface area contributed by atoms with Gasteiger partial charge >= 0.3 is 0 Å². The molecular formula is C14H14FN. The summed E-state index contributed by atoms with van der Waals surface area (Å²) in [6.07, 6.45) is 0. The first-order chi connectivity index (χ1) is 7.72. The number of benzene rings is 2. The second-order valence-electron chi connectivity index (χ2n) is 3.82. The highest BCUT2D eigenvalue weighted by Crippen LogP contribution is 2.27. The molecular weight excluding hydrogens is 201 g/mol. The lowest BCUT2D eigenvalue weighted by molar-refractivity contribution is 0.625. The van der Waals surface area contributed by atoms with Crippen molar-refractivity contribution in [3.8, 4) is 11.1 Å². The van der Waals surface area contributed by atoms with Gasteiger partial charge in [-0.05, 0) is 41.3 Å². The van der Waals surface area contributed by atoms with E-state index in [2.05, 4.69) is 0 Å². The number of rotatable bonds is 2. The van der Waals surface area contributed by atoms with Crippen molar-refractivity contribution in [3.63, 3.8) is 0 Å². The summed E-state index contributed by atoms with van der Waals surface area (Å²) in [5.41, 5.74) is 9.78. The van der Waals surface area contributed by atoms with Gasteiger partial charge in [-0.3, -0.25) is 0 Å². The number of aryl methyl sites for hydroxylation is 1. The van der Waals surface area contributed by atoms with Crippen LogP contribution in [0.25, 0.3) is 11.1 Å². The lowest BCUT2D eigenvalue weighted by Crippen LogP contribution is -2.00. The van der Waals surface area contributed by atoms with Crippen LogP contribution < -0.4 is 5.73 Å². The van der Waals surface area contributed by atoms with Crippen LogP contribution in [-0.2, 0) is 6.54 Å². The van der Waals surface area contributed by atoms with Gasteiger partial charge in [0.15, 0.2) is 0 Å². The van der Waals surface area contributed by atoms with E-state index in [9.17, 15) is 4.39 Å². The Balaban J connectivity index is 2.60. The third-order valence-electron chi connectivity index (χ3n) is 2.72. The molecule has 0 saturated heterocycles. The summed E-state index contributed by atoms with van der Waals surface area (Å²) < 4.78 is 13.1. The highest BCUT2D eigenvalue weighted by molar-refractivity contribution is 5.70. The molecule has 2 N–H and O–H groups in total. The molecule has 0 aliphatic heterocycles. The molecule has 0 atom stereocenters. The zero-order valence-electron chi connectivity index (χ0n) is 9.20. The molecule has 1 nitrogen and oxygen atoms in total. The minimum absolute atomic E-state index is 0.238. The van der Waals surface area contributed by atoms with Crippen LogP contribution in [0.15, 0.2) is 42.5 Å². The Morgan fingerprint density at radius 3 is 2.50 bits per heavy atom. The second-order valence-corrected chi connectivity index (χ2v) is 3.82. The second kappa shape index (κ2) is 4.45. The molecule has 0 heterocycles. The van der Waals surface area contributed by atoms with E-state index in [0.29, 0.717) is 6.54 Å². The fraction of sp³-hybridized carbons (Fsp3) is 0.143. The van der Waals surface area contributed by atoms with Gasteiger partial charge in [0.1, 0.15) is 5.82 Å². The molecule has 2 aromatic carbocycles. The summed E-state index contributed by atoms with van der Waals surface area (Å²) in [6.45, 7) is 2.39. The van der Waals surface area contributed by atoms with E-state index in [4.69, 9.17) is 5.73 Å². The van der Waals surface area contributed by atoms with Gasteiger partial charge in [0.05, 0.1) is 0 Å². The standard InChI is InChI=1S/C14H14FN/c1-10-4-2-3-5-13(10)14-7-6-12(15)8-11(14)9-16/h2-8H,9,16H2,1H3. The average molecular weight is 215 g/mol. The van der Waals surface area contributed by atoms with Gasteiger partial charge < -0.3 is 5.73 Å². The summed E-state index contributed by atoms with van der Waals surface area (Å²) in [4.78, 5) is 0.